The van der Waals surface area contributed by atoms with Crippen LogP contribution in [-0.2, 0) is 4.79 Å². The quantitative estimate of drug-likeness (QED) is 0.476. The van der Waals surface area contributed by atoms with Crippen LogP contribution >= 0.6 is 0 Å². The third-order valence-electron chi connectivity index (χ3n) is 0.844. The van der Waals surface area contributed by atoms with Gasteiger partial charge in [0.05, 0.1) is 5.57 Å². The summed E-state index contributed by atoms with van der Waals surface area (Å²) < 4.78 is 0. The maximum atomic E-state index is 10.1. The van der Waals surface area contributed by atoms with Crippen LogP contribution < -0.4 is 0 Å². The minimum absolute atomic E-state index is 0.0722. The van der Waals surface area contributed by atoms with Crippen molar-refractivity contribution in [3.05, 3.63) is 36.5 Å². The molecule has 0 spiro atoms. The molecule has 10 heavy (non-hydrogen) atoms. The first kappa shape index (κ1) is 8.69. The van der Waals surface area contributed by atoms with E-state index in [-0.39, 0.29) is 5.57 Å². The highest BCUT2D eigenvalue weighted by molar-refractivity contribution is 5.89. The second kappa shape index (κ2) is 3.67. The number of carboxylic acid groups (broad SMARTS) is 1. The lowest BCUT2D eigenvalue weighted by Gasteiger charge is -1.88. The molecule has 0 aromatic rings. The van der Waals surface area contributed by atoms with Gasteiger partial charge in [0.1, 0.15) is 0 Å². The van der Waals surface area contributed by atoms with Crippen molar-refractivity contribution in [1.29, 1.82) is 0 Å². The number of carbonyl (C=O) groups is 1. The van der Waals surface area contributed by atoms with E-state index < -0.39 is 5.97 Å². The van der Waals surface area contributed by atoms with Crippen LogP contribution in [0.2, 0.25) is 0 Å². The van der Waals surface area contributed by atoms with Crippen molar-refractivity contribution in [3.8, 4) is 0 Å². The fraction of sp³-hybridized carbons (Fsp3) is 0.125. The van der Waals surface area contributed by atoms with Gasteiger partial charge in [0.15, 0.2) is 0 Å². The van der Waals surface area contributed by atoms with Crippen LogP contribution in [-0.4, -0.2) is 11.1 Å². The van der Waals surface area contributed by atoms with Crippen molar-refractivity contribution in [1.82, 2.24) is 0 Å². The molecule has 2 heteroatoms. The molecule has 0 saturated heterocycles. The summed E-state index contributed by atoms with van der Waals surface area (Å²) in [6.07, 6.45) is 3.03. The third kappa shape index (κ3) is 3.66. The first-order valence-corrected chi connectivity index (χ1v) is 2.80. The van der Waals surface area contributed by atoms with Gasteiger partial charge < -0.3 is 5.11 Å². The summed E-state index contributed by atoms with van der Waals surface area (Å²) in [6.45, 7) is 8.65. The van der Waals surface area contributed by atoms with Gasteiger partial charge in [0.2, 0.25) is 0 Å². The second-order valence-corrected chi connectivity index (χ2v) is 2.01. The largest absolute Gasteiger partial charge is 0.478 e. The molecular weight excluding hydrogens is 128 g/mol. The Labute approximate surface area is 60.2 Å². The monoisotopic (exact) mass is 138 g/mol. The Morgan fingerprint density at radius 1 is 1.40 bits per heavy atom. The Morgan fingerprint density at radius 2 is 1.90 bits per heavy atom. The molecule has 2 nitrogen and oxygen atoms in total. The third-order valence-corrected chi connectivity index (χ3v) is 0.844. The highest BCUT2D eigenvalue weighted by atomic mass is 16.4. The van der Waals surface area contributed by atoms with E-state index in [4.69, 9.17) is 5.11 Å². The van der Waals surface area contributed by atoms with E-state index in [1.165, 1.54) is 6.08 Å². The van der Waals surface area contributed by atoms with Crippen LogP contribution in [0.25, 0.3) is 0 Å². The molecule has 0 unspecified atom stereocenters. The van der Waals surface area contributed by atoms with Crippen LogP contribution in [0.1, 0.15) is 6.92 Å². The van der Waals surface area contributed by atoms with Crippen LogP contribution in [0.15, 0.2) is 36.5 Å². The van der Waals surface area contributed by atoms with E-state index in [0.717, 1.165) is 5.57 Å². The van der Waals surface area contributed by atoms with Crippen LogP contribution in [0.4, 0.5) is 0 Å². The molecule has 54 valence electrons. The summed E-state index contributed by atoms with van der Waals surface area (Å²) in [5.74, 6) is -1.00. The van der Waals surface area contributed by atoms with Gasteiger partial charge in [-0.2, -0.15) is 0 Å². The van der Waals surface area contributed by atoms with Gasteiger partial charge in [0, 0.05) is 0 Å². The second-order valence-electron chi connectivity index (χ2n) is 2.01. The molecule has 0 fully saturated rings. The van der Waals surface area contributed by atoms with E-state index >= 15 is 0 Å². The SMILES string of the molecule is C=C(C)/C=C\C(=C)C(=O)O. The highest BCUT2D eigenvalue weighted by Crippen LogP contribution is 1.96. The number of carboxylic acids is 1. The van der Waals surface area contributed by atoms with E-state index in [9.17, 15) is 4.79 Å². The molecule has 0 radical (unpaired) electrons. The first-order chi connectivity index (χ1) is 4.54. The van der Waals surface area contributed by atoms with Gasteiger partial charge in [-0.25, -0.2) is 4.79 Å². The zero-order valence-electron chi connectivity index (χ0n) is 5.92. The summed E-state index contributed by atoms with van der Waals surface area (Å²) in [5.41, 5.74) is 0.880. The van der Waals surface area contributed by atoms with E-state index in [1.807, 2.05) is 0 Å². The molecule has 0 heterocycles. The molecule has 0 rings (SSSR count). The Bertz CT molecular complexity index is 199. The first-order valence-electron chi connectivity index (χ1n) is 2.80. The minimum Gasteiger partial charge on any atom is -0.478 e. The van der Waals surface area contributed by atoms with E-state index in [0.29, 0.717) is 0 Å². The van der Waals surface area contributed by atoms with Gasteiger partial charge >= 0.3 is 5.97 Å². The molecule has 1 N–H and O–H groups in total. The molecule has 0 atom stereocenters. The lowest BCUT2D eigenvalue weighted by Crippen LogP contribution is -1.94. The zero-order valence-corrected chi connectivity index (χ0v) is 5.92. The lowest BCUT2D eigenvalue weighted by molar-refractivity contribution is -0.132. The standard InChI is InChI=1S/C8H10O2/c1-6(2)4-5-7(3)8(9)10/h4-5H,1,3H2,2H3,(H,9,10)/b5-4-. The zero-order chi connectivity index (χ0) is 8.15. The Kier molecular flexibility index (Phi) is 3.19. The maximum absolute atomic E-state index is 10.1. The number of rotatable bonds is 3. The number of hydrogen-bond donors (Lipinski definition) is 1. The summed E-state index contributed by atoms with van der Waals surface area (Å²) in [4.78, 5) is 10.1. The van der Waals surface area contributed by atoms with Crippen LogP contribution in [0.5, 0.6) is 0 Å². The topological polar surface area (TPSA) is 37.3 Å². The average Bonchev–Trinajstić information content (AvgIpc) is 1.82. The summed E-state index contributed by atoms with van der Waals surface area (Å²) in [6, 6.07) is 0. The van der Waals surface area contributed by atoms with Crippen molar-refractivity contribution in [2.45, 2.75) is 6.92 Å². The van der Waals surface area contributed by atoms with E-state index in [1.54, 1.807) is 13.0 Å². The van der Waals surface area contributed by atoms with Gasteiger partial charge in [-0.05, 0) is 13.0 Å². The highest BCUT2D eigenvalue weighted by Gasteiger charge is 1.95. The summed E-state index contributed by atoms with van der Waals surface area (Å²) >= 11 is 0. The molecule has 0 aromatic carbocycles. The molecule has 0 aliphatic carbocycles. The van der Waals surface area contributed by atoms with Crippen molar-refractivity contribution >= 4 is 5.97 Å². The normalized spacial score (nSPS) is 9.70. The predicted molar refractivity (Wildman–Crippen MR) is 40.7 cm³/mol. The predicted octanol–water partition coefficient (Wildman–Crippen LogP) is 1.76. The van der Waals surface area contributed by atoms with Crippen molar-refractivity contribution in [2.75, 3.05) is 0 Å². The van der Waals surface area contributed by atoms with Crippen molar-refractivity contribution < 1.29 is 9.90 Å². The van der Waals surface area contributed by atoms with Gasteiger partial charge in [0.25, 0.3) is 0 Å². The molecular formula is C8H10O2. The molecule has 0 saturated carbocycles. The van der Waals surface area contributed by atoms with Gasteiger partial charge in [-0.15, -0.1) is 0 Å². The smallest absolute Gasteiger partial charge is 0.335 e. The Balaban J connectivity index is 4.03. The molecule has 0 aliphatic rings. The van der Waals surface area contributed by atoms with Gasteiger partial charge in [-0.1, -0.05) is 24.8 Å². The molecule has 0 aliphatic heterocycles. The Morgan fingerprint density at radius 3 is 2.20 bits per heavy atom. The Hall–Kier alpha value is -1.31. The molecule has 0 aromatic heterocycles. The number of aliphatic carboxylic acids is 1. The summed E-state index contributed by atoms with van der Waals surface area (Å²) in [5, 5.41) is 8.31. The van der Waals surface area contributed by atoms with Crippen molar-refractivity contribution in [3.63, 3.8) is 0 Å². The maximum Gasteiger partial charge on any atom is 0.335 e. The number of hydrogen-bond acceptors (Lipinski definition) is 1. The van der Waals surface area contributed by atoms with Crippen LogP contribution in [0, 0.1) is 0 Å². The van der Waals surface area contributed by atoms with Gasteiger partial charge in [-0.3, -0.25) is 0 Å². The molecule has 0 amide bonds. The fourth-order valence-corrected chi connectivity index (χ4v) is 0.314. The fourth-order valence-electron chi connectivity index (χ4n) is 0.314. The number of allylic oxidation sites excluding steroid dienone is 2. The summed E-state index contributed by atoms with van der Waals surface area (Å²) in [7, 11) is 0. The molecule has 0 bridgehead atoms. The van der Waals surface area contributed by atoms with E-state index in [2.05, 4.69) is 13.2 Å². The van der Waals surface area contributed by atoms with Crippen LogP contribution in [0.3, 0.4) is 0 Å². The average molecular weight is 138 g/mol. The van der Waals surface area contributed by atoms with Crippen molar-refractivity contribution in [2.24, 2.45) is 0 Å². The lowest BCUT2D eigenvalue weighted by atomic mass is 10.2. The minimum atomic E-state index is -1.00.